The zero-order valence-corrected chi connectivity index (χ0v) is 9.47. The summed E-state index contributed by atoms with van der Waals surface area (Å²) in [5.74, 6) is -1.66. The Kier molecular flexibility index (Phi) is 3.30. The Labute approximate surface area is 92.1 Å². The minimum Gasteiger partial charge on any atom is -0.465 e. The van der Waals surface area contributed by atoms with Gasteiger partial charge in [-0.1, -0.05) is 0 Å². The van der Waals surface area contributed by atoms with Gasteiger partial charge in [0.15, 0.2) is 0 Å². The molecular weight excluding hydrogens is 237 g/mol. The number of sulfonamides is 1. The van der Waals surface area contributed by atoms with E-state index in [1.54, 1.807) is 0 Å². The van der Waals surface area contributed by atoms with Crippen molar-refractivity contribution >= 4 is 16.0 Å². The summed E-state index contributed by atoms with van der Waals surface area (Å²) in [6.45, 7) is 1.26. The van der Waals surface area contributed by atoms with Gasteiger partial charge in [0.1, 0.15) is 5.82 Å². The molecule has 0 saturated heterocycles. The second-order valence-corrected chi connectivity index (χ2v) is 4.65. The van der Waals surface area contributed by atoms with E-state index in [-0.39, 0.29) is 11.1 Å². The highest BCUT2D eigenvalue weighted by molar-refractivity contribution is 7.89. The molecule has 0 fully saturated rings. The van der Waals surface area contributed by atoms with Crippen LogP contribution in [-0.4, -0.2) is 21.5 Å². The average molecular weight is 247 g/mol. The number of hydrogen-bond acceptors (Lipinski definition) is 4. The number of benzene rings is 1. The molecule has 0 bridgehead atoms. The monoisotopic (exact) mass is 247 g/mol. The van der Waals surface area contributed by atoms with Gasteiger partial charge >= 0.3 is 5.97 Å². The van der Waals surface area contributed by atoms with E-state index in [0.29, 0.717) is 0 Å². The van der Waals surface area contributed by atoms with Crippen molar-refractivity contribution < 1.29 is 22.3 Å². The predicted octanol–water partition coefficient (Wildman–Crippen LogP) is 0.568. The number of methoxy groups -OCH3 is 1. The molecule has 0 atom stereocenters. The second kappa shape index (κ2) is 4.18. The number of primary sulfonamides is 1. The lowest BCUT2D eigenvalue weighted by molar-refractivity contribution is 0.0600. The molecule has 16 heavy (non-hydrogen) atoms. The zero-order chi connectivity index (χ0) is 12.5. The van der Waals surface area contributed by atoms with Gasteiger partial charge in [-0.2, -0.15) is 0 Å². The van der Waals surface area contributed by atoms with Crippen molar-refractivity contribution in [1.29, 1.82) is 0 Å². The minimum atomic E-state index is -4.07. The number of carbonyl (C=O) groups excluding carboxylic acids is 1. The Balaban J connectivity index is 3.52. The molecule has 1 aromatic rings. The van der Waals surface area contributed by atoms with Crippen LogP contribution in [0.15, 0.2) is 17.0 Å². The second-order valence-electron chi connectivity index (χ2n) is 3.12. The van der Waals surface area contributed by atoms with Crippen molar-refractivity contribution in [1.82, 2.24) is 0 Å². The maximum atomic E-state index is 13.3. The zero-order valence-electron chi connectivity index (χ0n) is 8.65. The third-order valence-electron chi connectivity index (χ3n) is 2.02. The van der Waals surface area contributed by atoms with Crippen LogP contribution in [-0.2, 0) is 14.8 Å². The molecule has 0 unspecified atom stereocenters. The molecule has 1 rings (SSSR count). The Hall–Kier alpha value is -1.47. The lowest BCUT2D eigenvalue weighted by atomic mass is 10.1. The minimum absolute atomic E-state index is 0.129. The number of rotatable bonds is 2. The molecule has 88 valence electrons. The highest BCUT2D eigenvalue weighted by Crippen LogP contribution is 2.19. The van der Waals surface area contributed by atoms with Crippen LogP contribution >= 0.6 is 0 Å². The van der Waals surface area contributed by atoms with E-state index in [1.807, 2.05) is 0 Å². The van der Waals surface area contributed by atoms with Crippen LogP contribution in [0.5, 0.6) is 0 Å². The van der Waals surface area contributed by atoms with Crippen LogP contribution in [0.4, 0.5) is 4.39 Å². The number of ether oxygens (including phenoxy) is 1. The summed E-state index contributed by atoms with van der Waals surface area (Å²) in [6.07, 6.45) is 0. The first kappa shape index (κ1) is 12.6. The van der Waals surface area contributed by atoms with Gasteiger partial charge in [-0.05, 0) is 19.1 Å². The van der Waals surface area contributed by atoms with Crippen molar-refractivity contribution in [2.24, 2.45) is 5.14 Å². The van der Waals surface area contributed by atoms with E-state index < -0.39 is 26.7 Å². The van der Waals surface area contributed by atoms with Gasteiger partial charge < -0.3 is 4.74 Å². The summed E-state index contributed by atoms with van der Waals surface area (Å²) in [4.78, 5) is 10.7. The molecule has 0 amide bonds. The quantitative estimate of drug-likeness (QED) is 0.774. The SMILES string of the molecule is COC(=O)c1cc(F)c(C)c(S(N)(=O)=O)c1. The molecule has 1 aromatic carbocycles. The van der Waals surface area contributed by atoms with Crippen LogP contribution in [0.1, 0.15) is 15.9 Å². The van der Waals surface area contributed by atoms with Crippen molar-refractivity contribution in [2.75, 3.05) is 7.11 Å². The van der Waals surface area contributed by atoms with Gasteiger partial charge in [0, 0.05) is 5.56 Å². The Bertz CT molecular complexity index is 539. The Morgan fingerprint density at radius 2 is 2.00 bits per heavy atom. The first-order valence-electron chi connectivity index (χ1n) is 4.18. The van der Waals surface area contributed by atoms with Crippen LogP contribution in [0.3, 0.4) is 0 Å². The topological polar surface area (TPSA) is 86.5 Å². The normalized spacial score (nSPS) is 11.2. The number of halogens is 1. The number of nitrogens with two attached hydrogens (primary N) is 1. The first-order valence-corrected chi connectivity index (χ1v) is 5.73. The summed E-state index contributed by atoms with van der Waals surface area (Å²) in [7, 11) is -2.96. The first-order chi connectivity index (χ1) is 7.27. The summed E-state index contributed by atoms with van der Waals surface area (Å²) in [5, 5.41) is 4.89. The molecule has 0 heterocycles. The highest BCUT2D eigenvalue weighted by atomic mass is 32.2. The largest absolute Gasteiger partial charge is 0.465 e. The van der Waals surface area contributed by atoms with Gasteiger partial charge in [-0.3, -0.25) is 0 Å². The van der Waals surface area contributed by atoms with E-state index in [2.05, 4.69) is 4.74 Å². The van der Waals surface area contributed by atoms with Crippen LogP contribution in [0.2, 0.25) is 0 Å². The summed E-state index contributed by atoms with van der Waals surface area (Å²) in [5.41, 5.74) is -0.329. The molecule has 0 aromatic heterocycles. The molecule has 0 radical (unpaired) electrons. The number of carbonyl (C=O) groups is 1. The van der Waals surface area contributed by atoms with E-state index in [9.17, 15) is 17.6 Å². The maximum absolute atomic E-state index is 13.3. The van der Waals surface area contributed by atoms with E-state index in [4.69, 9.17) is 5.14 Å². The summed E-state index contributed by atoms with van der Waals surface area (Å²) < 4.78 is 40.0. The molecule has 2 N–H and O–H groups in total. The van der Waals surface area contributed by atoms with Gasteiger partial charge in [-0.25, -0.2) is 22.7 Å². The van der Waals surface area contributed by atoms with Gasteiger partial charge in [0.25, 0.3) is 0 Å². The third-order valence-corrected chi connectivity index (χ3v) is 3.06. The van der Waals surface area contributed by atoms with Crippen molar-refractivity contribution in [2.45, 2.75) is 11.8 Å². The third kappa shape index (κ3) is 2.37. The van der Waals surface area contributed by atoms with Crippen molar-refractivity contribution in [3.63, 3.8) is 0 Å². The molecule has 7 heteroatoms. The van der Waals surface area contributed by atoms with E-state index in [1.165, 1.54) is 6.92 Å². The Morgan fingerprint density at radius 3 is 2.44 bits per heavy atom. The molecule has 0 spiro atoms. The lowest BCUT2D eigenvalue weighted by Crippen LogP contribution is -2.16. The molecule has 0 aliphatic carbocycles. The fourth-order valence-electron chi connectivity index (χ4n) is 1.18. The summed E-state index contributed by atoms with van der Waals surface area (Å²) >= 11 is 0. The smallest absolute Gasteiger partial charge is 0.337 e. The molecular formula is C9H10FNO4S. The predicted molar refractivity (Wildman–Crippen MR) is 53.8 cm³/mol. The molecule has 0 saturated carbocycles. The number of hydrogen-bond donors (Lipinski definition) is 1. The number of esters is 1. The molecule has 5 nitrogen and oxygen atoms in total. The van der Waals surface area contributed by atoms with Crippen LogP contribution < -0.4 is 5.14 Å². The molecule has 0 aliphatic heterocycles. The fourth-order valence-corrected chi connectivity index (χ4v) is 2.00. The van der Waals surface area contributed by atoms with Crippen molar-refractivity contribution in [3.05, 3.63) is 29.1 Å². The Morgan fingerprint density at radius 1 is 1.44 bits per heavy atom. The van der Waals surface area contributed by atoms with E-state index in [0.717, 1.165) is 19.2 Å². The van der Waals surface area contributed by atoms with Crippen LogP contribution in [0.25, 0.3) is 0 Å². The average Bonchev–Trinajstić information content (AvgIpc) is 2.18. The summed E-state index contributed by atoms with van der Waals surface area (Å²) in [6, 6.07) is 1.88. The maximum Gasteiger partial charge on any atom is 0.337 e. The molecule has 0 aliphatic rings. The van der Waals surface area contributed by atoms with E-state index >= 15 is 0 Å². The standard InChI is InChI=1S/C9H10FNO4S/c1-5-7(10)3-6(9(12)15-2)4-8(5)16(11,13)14/h3-4H,1-2H3,(H2,11,13,14). The lowest BCUT2D eigenvalue weighted by Gasteiger charge is -2.07. The van der Waals surface area contributed by atoms with Gasteiger partial charge in [0.2, 0.25) is 10.0 Å². The fraction of sp³-hybridized carbons (Fsp3) is 0.222. The van der Waals surface area contributed by atoms with Crippen LogP contribution in [0, 0.1) is 12.7 Å². The highest BCUT2D eigenvalue weighted by Gasteiger charge is 2.19. The van der Waals surface area contributed by atoms with Gasteiger partial charge in [0.05, 0.1) is 17.6 Å². The van der Waals surface area contributed by atoms with Crippen molar-refractivity contribution in [3.8, 4) is 0 Å². The van der Waals surface area contributed by atoms with Gasteiger partial charge in [-0.15, -0.1) is 0 Å².